The van der Waals surface area contributed by atoms with Gasteiger partial charge in [0.1, 0.15) is 0 Å². The molecule has 0 bridgehead atoms. The van der Waals surface area contributed by atoms with Crippen LogP contribution in [0.5, 0.6) is 0 Å². The van der Waals surface area contributed by atoms with Crippen LogP contribution in [-0.2, 0) is 17.8 Å². The minimum atomic E-state index is -0.115. The van der Waals surface area contributed by atoms with E-state index in [0.29, 0.717) is 0 Å². The number of amides is 1. The first-order valence-electron chi connectivity index (χ1n) is 7.69. The predicted octanol–water partition coefficient (Wildman–Crippen LogP) is 3.30. The van der Waals surface area contributed by atoms with Crippen LogP contribution < -0.4 is 5.32 Å². The van der Waals surface area contributed by atoms with Crippen LogP contribution in [0.25, 0.3) is 0 Å². The van der Waals surface area contributed by atoms with Crippen LogP contribution in [-0.4, -0.2) is 23.9 Å². The van der Waals surface area contributed by atoms with E-state index in [9.17, 15) is 4.79 Å². The standard InChI is InChI=1S/C19H22N2O/c1-13-8-14(2)10-17(9-13)20-19(22)18-11-15-6-4-5-7-16(15)12-21(18)3/h4-10,18H,11-12H2,1-3H3,(H,20,22). The molecule has 0 spiro atoms. The number of hydrogen-bond donors (Lipinski definition) is 1. The van der Waals surface area contributed by atoms with Crippen LogP contribution in [0.1, 0.15) is 22.3 Å². The molecular weight excluding hydrogens is 272 g/mol. The predicted molar refractivity (Wildman–Crippen MR) is 89.9 cm³/mol. The first-order valence-corrected chi connectivity index (χ1v) is 7.69. The lowest BCUT2D eigenvalue weighted by atomic mass is 9.94. The molecule has 0 aromatic heterocycles. The molecule has 3 heteroatoms. The quantitative estimate of drug-likeness (QED) is 0.921. The molecule has 22 heavy (non-hydrogen) atoms. The molecule has 0 fully saturated rings. The summed E-state index contributed by atoms with van der Waals surface area (Å²) in [7, 11) is 2.02. The van der Waals surface area contributed by atoms with Crippen molar-refractivity contribution in [3.63, 3.8) is 0 Å². The Morgan fingerprint density at radius 3 is 2.41 bits per heavy atom. The minimum absolute atomic E-state index is 0.0713. The first kappa shape index (κ1) is 14.8. The molecule has 114 valence electrons. The molecule has 3 nitrogen and oxygen atoms in total. The van der Waals surface area contributed by atoms with E-state index < -0.39 is 0 Å². The van der Waals surface area contributed by atoms with E-state index in [1.54, 1.807) is 0 Å². The van der Waals surface area contributed by atoms with E-state index >= 15 is 0 Å². The number of carbonyl (C=O) groups is 1. The fourth-order valence-corrected chi connectivity index (χ4v) is 3.22. The monoisotopic (exact) mass is 294 g/mol. The second kappa shape index (κ2) is 5.93. The number of anilines is 1. The molecule has 0 radical (unpaired) electrons. The van der Waals surface area contributed by atoms with Gasteiger partial charge in [-0.15, -0.1) is 0 Å². The maximum absolute atomic E-state index is 12.7. The third-order valence-electron chi connectivity index (χ3n) is 4.28. The van der Waals surface area contributed by atoms with Gasteiger partial charge in [-0.2, -0.15) is 0 Å². The molecular formula is C19H22N2O. The average Bonchev–Trinajstić information content (AvgIpc) is 2.45. The van der Waals surface area contributed by atoms with Gasteiger partial charge < -0.3 is 5.32 Å². The van der Waals surface area contributed by atoms with Gasteiger partial charge >= 0.3 is 0 Å². The topological polar surface area (TPSA) is 32.3 Å². The van der Waals surface area contributed by atoms with Crippen molar-refractivity contribution in [1.82, 2.24) is 4.90 Å². The highest BCUT2D eigenvalue weighted by Gasteiger charge is 2.28. The molecule has 1 aliphatic rings. The Morgan fingerprint density at radius 2 is 1.73 bits per heavy atom. The minimum Gasteiger partial charge on any atom is -0.325 e. The van der Waals surface area contributed by atoms with Gasteiger partial charge in [0.2, 0.25) is 5.91 Å². The molecule has 1 heterocycles. The normalized spacial score (nSPS) is 17.9. The number of hydrogen-bond acceptors (Lipinski definition) is 2. The van der Waals surface area contributed by atoms with Gasteiger partial charge in [-0.05, 0) is 61.7 Å². The van der Waals surface area contributed by atoms with Gasteiger partial charge in [0.05, 0.1) is 6.04 Å². The SMILES string of the molecule is Cc1cc(C)cc(NC(=O)C2Cc3ccccc3CN2C)c1. The average molecular weight is 294 g/mol. The molecule has 0 saturated heterocycles. The van der Waals surface area contributed by atoms with Crippen molar-refractivity contribution in [2.24, 2.45) is 0 Å². The van der Waals surface area contributed by atoms with Crippen LogP contribution in [0.15, 0.2) is 42.5 Å². The van der Waals surface area contributed by atoms with E-state index in [1.807, 2.05) is 39.1 Å². The molecule has 1 amide bonds. The van der Waals surface area contributed by atoms with E-state index in [1.165, 1.54) is 11.1 Å². The fourth-order valence-electron chi connectivity index (χ4n) is 3.22. The maximum Gasteiger partial charge on any atom is 0.242 e. The summed E-state index contributed by atoms with van der Waals surface area (Å²) >= 11 is 0. The zero-order valence-electron chi connectivity index (χ0n) is 13.4. The number of nitrogens with zero attached hydrogens (tertiary/aromatic N) is 1. The summed E-state index contributed by atoms with van der Waals surface area (Å²) in [5.74, 6) is 0.0713. The van der Waals surface area contributed by atoms with Crippen LogP contribution in [0, 0.1) is 13.8 Å². The Balaban J connectivity index is 1.78. The van der Waals surface area contributed by atoms with Crippen molar-refractivity contribution in [1.29, 1.82) is 0 Å². The smallest absolute Gasteiger partial charge is 0.242 e. The van der Waals surface area contributed by atoms with Gasteiger partial charge in [0.15, 0.2) is 0 Å². The Morgan fingerprint density at radius 1 is 1.09 bits per heavy atom. The third kappa shape index (κ3) is 3.04. The number of fused-ring (bicyclic) bond motifs is 1. The van der Waals surface area contributed by atoms with Gasteiger partial charge in [-0.25, -0.2) is 0 Å². The van der Waals surface area contributed by atoms with Crippen molar-refractivity contribution in [2.45, 2.75) is 32.9 Å². The van der Waals surface area contributed by atoms with Gasteiger partial charge in [0.25, 0.3) is 0 Å². The first-order chi connectivity index (χ1) is 10.5. The number of aryl methyl sites for hydroxylation is 2. The maximum atomic E-state index is 12.7. The largest absolute Gasteiger partial charge is 0.325 e. The number of likely N-dealkylation sites (N-methyl/N-ethyl adjacent to an activating group) is 1. The van der Waals surface area contributed by atoms with E-state index in [4.69, 9.17) is 0 Å². The summed E-state index contributed by atoms with van der Waals surface area (Å²) < 4.78 is 0. The van der Waals surface area contributed by atoms with Crippen LogP contribution in [0.3, 0.4) is 0 Å². The summed E-state index contributed by atoms with van der Waals surface area (Å²) in [6.45, 7) is 4.92. The number of carbonyl (C=O) groups excluding carboxylic acids is 1. The fraction of sp³-hybridized carbons (Fsp3) is 0.316. The zero-order valence-corrected chi connectivity index (χ0v) is 13.4. The van der Waals surface area contributed by atoms with Crippen molar-refractivity contribution in [3.05, 3.63) is 64.7 Å². The molecule has 2 aromatic rings. The number of nitrogens with one attached hydrogen (secondary N) is 1. The van der Waals surface area contributed by atoms with E-state index in [-0.39, 0.29) is 11.9 Å². The van der Waals surface area contributed by atoms with Crippen molar-refractivity contribution >= 4 is 11.6 Å². The second-order valence-electron chi connectivity index (χ2n) is 6.27. The van der Waals surface area contributed by atoms with Crippen LogP contribution >= 0.6 is 0 Å². The van der Waals surface area contributed by atoms with Gasteiger partial charge in [-0.3, -0.25) is 9.69 Å². The Bertz CT molecular complexity index is 688. The van der Waals surface area contributed by atoms with Crippen LogP contribution in [0.2, 0.25) is 0 Å². The highest BCUT2D eigenvalue weighted by atomic mass is 16.2. The van der Waals surface area contributed by atoms with Crippen molar-refractivity contribution < 1.29 is 4.79 Å². The van der Waals surface area contributed by atoms with E-state index in [2.05, 4.69) is 34.5 Å². The summed E-state index contributed by atoms with van der Waals surface area (Å²) in [5, 5.41) is 3.07. The Hall–Kier alpha value is -2.13. The summed E-state index contributed by atoms with van der Waals surface area (Å²) in [4.78, 5) is 14.8. The summed E-state index contributed by atoms with van der Waals surface area (Å²) in [6, 6.07) is 14.4. The second-order valence-corrected chi connectivity index (χ2v) is 6.27. The number of benzene rings is 2. The molecule has 1 atom stereocenters. The lowest BCUT2D eigenvalue weighted by Crippen LogP contribution is -2.45. The third-order valence-corrected chi connectivity index (χ3v) is 4.28. The molecule has 1 N–H and O–H groups in total. The highest BCUT2D eigenvalue weighted by molar-refractivity contribution is 5.95. The van der Waals surface area contributed by atoms with Crippen molar-refractivity contribution in [3.8, 4) is 0 Å². The lowest BCUT2D eigenvalue weighted by molar-refractivity contribution is -0.121. The summed E-state index contributed by atoms with van der Waals surface area (Å²) in [5.41, 5.74) is 5.81. The lowest BCUT2D eigenvalue weighted by Gasteiger charge is -2.33. The van der Waals surface area contributed by atoms with E-state index in [0.717, 1.165) is 29.8 Å². The molecule has 0 saturated carbocycles. The molecule has 1 unspecified atom stereocenters. The molecule has 2 aromatic carbocycles. The Kier molecular flexibility index (Phi) is 3.99. The number of rotatable bonds is 2. The highest BCUT2D eigenvalue weighted by Crippen LogP contribution is 2.23. The van der Waals surface area contributed by atoms with Gasteiger partial charge in [-0.1, -0.05) is 30.3 Å². The molecule has 1 aliphatic heterocycles. The Labute approximate surface area is 132 Å². The summed E-state index contributed by atoms with van der Waals surface area (Å²) in [6.07, 6.45) is 0.767. The molecule has 0 aliphatic carbocycles. The zero-order chi connectivity index (χ0) is 15.7. The molecule has 3 rings (SSSR count). The van der Waals surface area contributed by atoms with Crippen LogP contribution in [0.4, 0.5) is 5.69 Å². The van der Waals surface area contributed by atoms with Gasteiger partial charge in [0, 0.05) is 12.2 Å². The van der Waals surface area contributed by atoms with Crippen molar-refractivity contribution in [2.75, 3.05) is 12.4 Å².